The van der Waals surface area contributed by atoms with E-state index in [1.807, 2.05) is 30.3 Å². The molecule has 1 saturated carbocycles. The van der Waals surface area contributed by atoms with Crippen LogP contribution >= 0.6 is 0 Å². The Hall–Kier alpha value is -1.68. The Balaban J connectivity index is 1.79. The van der Waals surface area contributed by atoms with Crippen LogP contribution in [0.25, 0.3) is 0 Å². The lowest BCUT2D eigenvalue weighted by molar-refractivity contribution is 0.304. The van der Waals surface area contributed by atoms with Gasteiger partial charge < -0.3 is 4.74 Å². The lowest BCUT2D eigenvalue weighted by Crippen LogP contribution is -2.11. The Morgan fingerprint density at radius 2 is 1.82 bits per heavy atom. The van der Waals surface area contributed by atoms with Crippen LogP contribution in [-0.4, -0.2) is 6.61 Å². The van der Waals surface area contributed by atoms with Crippen LogP contribution in [0.2, 0.25) is 0 Å². The zero-order chi connectivity index (χ0) is 15.6. The van der Waals surface area contributed by atoms with Crippen molar-refractivity contribution in [3.8, 4) is 17.6 Å². The van der Waals surface area contributed by atoms with E-state index in [1.165, 1.54) is 32.1 Å². The molecule has 1 aromatic carbocycles. The molecular formula is C21H28O. The highest BCUT2D eigenvalue weighted by Gasteiger charge is 2.17. The molecular weight excluding hydrogens is 268 g/mol. The fraction of sp³-hybridized carbons (Fsp3) is 0.524. The monoisotopic (exact) mass is 296 g/mol. The van der Waals surface area contributed by atoms with Gasteiger partial charge in [-0.15, -0.1) is 0 Å². The molecule has 1 aliphatic carbocycles. The predicted molar refractivity (Wildman–Crippen MR) is 94.0 cm³/mol. The van der Waals surface area contributed by atoms with E-state index in [2.05, 4.69) is 31.8 Å². The molecule has 1 aromatic rings. The third kappa shape index (κ3) is 5.60. The summed E-state index contributed by atoms with van der Waals surface area (Å²) in [6, 6.07) is 8.04. The third-order valence-electron chi connectivity index (χ3n) is 4.46. The first kappa shape index (κ1) is 16.7. The van der Waals surface area contributed by atoms with E-state index in [0.717, 1.165) is 36.2 Å². The lowest BCUT2D eigenvalue weighted by atomic mass is 9.81. The third-order valence-corrected chi connectivity index (χ3v) is 4.46. The molecule has 0 saturated heterocycles. The zero-order valence-electron chi connectivity index (χ0n) is 14.0. The quantitative estimate of drug-likeness (QED) is 0.643. The van der Waals surface area contributed by atoms with Crippen LogP contribution in [0.3, 0.4) is 0 Å². The maximum Gasteiger partial charge on any atom is 0.119 e. The summed E-state index contributed by atoms with van der Waals surface area (Å²) < 4.78 is 5.57. The van der Waals surface area contributed by atoms with Crippen LogP contribution in [0, 0.1) is 23.7 Å². The normalized spacial score (nSPS) is 21.4. The number of hydrogen-bond acceptors (Lipinski definition) is 1. The minimum atomic E-state index is 0.738. The average molecular weight is 296 g/mol. The van der Waals surface area contributed by atoms with Gasteiger partial charge in [0, 0.05) is 5.56 Å². The van der Waals surface area contributed by atoms with Gasteiger partial charge in [0.15, 0.2) is 0 Å². The molecule has 0 radical (unpaired) electrons. The molecule has 0 heterocycles. The highest BCUT2D eigenvalue weighted by Crippen LogP contribution is 2.31. The van der Waals surface area contributed by atoms with Crippen molar-refractivity contribution in [1.82, 2.24) is 0 Å². The molecule has 22 heavy (non-hydrogen) atoms. The summed E-state index contributed by atoms with van der Waals surface area (Å²) in [6.07, 6.45) is 12.2. The Kier molecular flexibility index (Phi) is 7.10. The fourth-order valence-corrected chi connectivity index (χ4v) is 2.95. The molecule has 2 rings (SSSR count). The molecule has 0 spiro atoms. The van der Waals surface area contributed by atoms with E-state index >= 15 is 0 Å². The Morgan fingerprint density at radius 3 is 2.45 bits per heavy atom. The van der Waals surface area contributed by atoms with Gasteiger partial charge in [0.2, 0.25) is 0 Å². The van der Waals surface area contributed by atoms with Crippen molar-refractivity contribution in [2.24, 2.45) is 11.8 Å². The molecule has 0 aromatic heterocycles. The molecule has 1 nitrogen and oxygen atoms in total. The molecule has 0 aliphatic heterocycles. The van der Waals surface area contributed by atoms with Crippen molar-refractivity contribution in [2.75, 3.05) is 6.61 Å². The van der Waals surface area contributed by atoms with Crippen LogP contribution in [0.1, 0.15) is 57.9 Å². The largest absolute Gasteiger partial charge is 0.494 e. The lowest BCUT2D eigenvalue weighted by Gasteiger charge is -2.25. The summed E-state index contributed by atoms with van der Waals surface area (Å²) in [4.78, 5) is 0. The summed E-state index contributed by atoms with van der Waals surface area (Å²) in [5, 5.41) is 0. The van der Waals surface area contributed by atoms with Gasteiger partial charge in [0.25, 0.3) is 0 Å². The summed E-state index contributed by atoms with van der Waals surface area (Å²) in [7, 11) is 0. The predicted octanol–water partition coefficient (Wildman–Crippen LogP) is 5.60. The van der Waals surface area contributed by atoms with Crippen molar-refractivity contribution >= 4 is 0 Å². The van der Waals surface area contributed by atoms with Crippen molar-refractivity contribution in [3.63, 3.8) is 0 Å². The molecule has 1 heteroatoms. The maximum atomic E-state index is 5.57. The summed E-state index contributed by atoms with van der Waals surface area (Å²) in [5.41, 5.74) is 1.04. The number of ether oxygens (including phenoxy) is 1. The average Bonchev–Trinajstić information content (AvgIpc) is 2.58. The van der Waals surface area contributed by atoms with Gasteiger partial charge >= 0.3 is 0 Å². The second-order valence-corrected chi connectivity index (χ2v) is 6.19. The zero-order valence-corrected chi connectivity index (χ0v) is 14.0. The standard InChI is InChI=1S/C21H28O/c1-3-17-22-21-15-13-20(14-16-21)8-6-5-7-19-11-9-18(4-2)10-12-19/h5,7,13-16,18-19H,3-4,9-12,17H2,1-2H3/b7-5+. The molecule has 118 valence electrons. The van der Waals surface area contributed by atoms with Gasteiger partial charge in [-0.1, -0.05) is 38.2 Å². The van der Waals surface area contributed by atoms with Gasteiger partial charge in [-0.3, -0.25) is 0 Å². The van der Waals surface area contributed by atoms with Crippen molar-refractivity contribution in [2.45, 2.75) is 52.4 Å². The first-order valence-electron chi connectivity index (χ1n) is 8.72. The van der Waals surface area contributed by atoms with E-state index in [9.17, 15) is 0 Å². The van der Waals surface area contributed by atoms with E-state index in [4.69, 9.17) is 4.74 Å². The summed E-state index contributed by atoms with van der Waals surface area (Å²) in [6.45, 7) is 5.19. The smallest absolute Gasteiger partial charge is 0.119 e. The first-order chi connectivity index (χ1) is 10.8. The summed E-state index contributed by atoms with van der Waals surface area (Å²) in [5.74, 6) is 8.99. The van der Waals surface area contributed by atoms with Crippen LogP contribution in [0.5, 0.6) is 5.75 Å². The minimum absolute atomic E-state index is 0.738. The number of allylic oxidation sites excluding steroid dienone is 2. The Morgan fingerprint density at radius 1 is 1.09 bits per heavy atom. The van der Waals surface area contributed by atoms with Gasteiger partial charge in [0.1, 0.15) is 5.75 Å². The first-order valence-corrected chi connectivity index (χ1v) is 8.72. The fourth-order valence-electron chi connectivity index (χ4n) is 2.95. The number of benzene rings is 1. The van der Waals surface area contributed by atoms with Gasteiger partial charge in [-0.25, -0.2) is 0 Å². The highest BCUT2D eigenvalue weighted by molar-refractivity contribution is 5.40. The number of rotatable bonds is 5. The van der Waals surface area contributed by atoms with Crippen LogP contribution in [-0.2, 0) is 0 Å². The summed E-state index contributed by atoms with van der Waals surface area (Å²) >= 11 is 0. The van der Waals surface area contributed by atoms with Crippen molar-refractivity contribution < 1.29 is 4.74 Å². The molecule has 0 atom stereocenters. The molecule has 0 bridgehead atoms. The molecule has 0 unspecified atom stereocenters. The maximum absolute atomic E-state index is 5.57. The van der Waals surface area contributed by atoms with E-state index in [-0.39, 0.29) is 0 Å². The van der Waals surface area contributed by atoms with Crippen LogP contribution in [0.15, 0.2) is 36.4 Å². The molecule has 1 fully saturated rings. The van der Waals surface area contributed by atoms with E-state index < -0.39 is 0 Å². The van der Waals surface area contributed by atoms with Crippen LogP contribution in [0.4, 0.5) is 0 Å². The highest BCUT2D eigenvalue weighted by atomic mass is 16.5. The topological polar surface area (TPSA) is 9.23 Å². The van der Waals surface area contributed by atoms with Crippen molar-refractivity contribution in [3.05, 3.63) is 42.0 Å². The van der Waals surface area contributed by atoms with E-state index in [1.54, 1.807) is 0 Å². The second-order valence-electron chi connectivity index (χ2n) is 6.19. The van der Waals surface area contributed by atoms with Gasteiger partial charge in [-0.2, -0.15) is 0 Å². The second kappa shape index (κ2) is 9.36. The Bertz CT molecular complexity index is 507. The minimum Gasteiger partial charge on any atom is -0.494 e. The van der Waals surface area contributed by atoms with Gasteiger partial charge in [0.05, 0.1) is 6.61 Å². The molecule has 1 aliphatic rings. The molecule has 0 N–H and O–H groups in total. The van der Waals surface area contributed by atoms with Gasteiger partial charge in [-0.05, 0) is 74.3 Å². The molecule has 0 amide bonds. The van der Waals surface area contributed by atoms with Crippen molar-refractivity contribution in [1.29, 1.82) is 0 Å². The Labute approximate surface area is 135 Å². The van der Waals surface area contributed by atoms with E-state index in [0.29, 0.717) is 0 Å². The SMILES string of the molecule is CCCOc1ccc(C#C/C=C/C2CCC(CC)CC2)cc1. The number of hydrogen-bond donors (Lipinski definition) is 0. The van der Waals surface area contributed by atoms with Crippen LogP contribution < -0.4 is 4.74 Å².